The summed E-state index contributed by atoms with van der Waals surface area (Å²) in [5.41, 5.74) is 0.746. The highest BCUT2D eigenvalue weighted by Gasteiger charge is 2.25. The summed E-state index contributed by atoms with van der Waals surface area (Å²) in [7, 11) is 0. The van der Waals surface area contributed by atoms with Crippen molar-refractivity contribution in [2.45, 2.75) is 31.7 Å². The van der Waals surface area contributed by atoms with Crippen molar-refractivity contribution in [2.24, 2.45) is 0 Å². The minimum Gasteiger partial charge on any atom is -0.453 e. The van der Waals surface area contributed by atoms with Crippen LogP contribution in [-0.2, 0) is 0 Å². The van der Waals surface area contributed by atoms with E-state index in [0.717, 1.165) is 23.8 Å². The number of carbonyl (C=O) groups excluding carboxylic acids is 1. The molecule has 0 spiro atoms. The van der Waals surface area contributed by atoms with Crippen molar-refractivity contribution in [3.8, 4) is 0 Å². The fraction of sp³-hybridized carbons (Fsp3) is 0.471. The summed E-state index contributed by atoms with van der Waals surface area (Å²) in [6.07, 6.45) is 4.66. The molecule has 112 valence electrons. The monoisotopic (exact) mass is 287 g/mol. The van der Waals surface area contributed by atoms with Gasteiger partial charge in [0.2, 0.25) is 5.78 Å². The quantitative estimate of drug-likeness (QED) is 0.830. The van der Waals surface area contributed by atoms with Crippen molar-refractivity contribution in [3.63, 3.8) is 0 Å². The van der Waals surface area contributed by atoms with Gasteiger partial charge in [-0.25, -0.2) is 0 Å². The number of hydrogen-bond donors (Lipinski definition) is 1. The van der Waals surface area contributed by atoms with Crippen molar-refractivity contribution in [3.05, 3.63) is 36.1 Å². The van der Waals surface area contributed by atoms with Gasteiger partial charge in [-0.3, -0.25) is 9.69 Å². The molecule has 0 bridgehead atoms. The fourth-order valence-corrected chi connectivity index (χ4v) is 3.17. The van der Waals surface area contributed by atoms with Gasteiger partial charge in [-0.05, 0) is 25.0 Å². The van der Waals surface area contributed by atoms with Gasteiger partial charge in [0.25, 0.3) is 0 Å². The molecule has 1 N–H and O–H groups in total. The van der Waals surface area contributed by atoms with E-state index in [9.17, 15) is 9.90 Å². The van der Waals surface area contributed by atoms with Crippen molar-refractivity contribution < 1.29 is 14.3 Å². The molecule has 4 nitrogen and oxygen atoms in total. The van der Waals surface area contributed by atoms with E-state index in [0.29, 0.717) is 24.9 Å². The van der Waals surface area contributed by atoms with Gasteiger partial charge in [0.1, 0.15) is 5.58 Å². The lowest BCUT2D eigenvalue weighted by Crippen LogP contribution is -2.39. The first-order valence-corrected chi connectivity index (χ1v) is 7.64. The van der Waals surface area contributed by atoms with Gasteiger partial charge in [0.15, 0.2) is 5.76 Å². The highest BCUT2D eigenvalue weighted by Crippen LogP contribution is 2.24. The lowest BCUT2D eigenvalue weighted by molar-refractivity contribution is 0.0838. The maximum absolute atomic E-state index is 12.4. The summed E-state index contributed by atoms with van der Waals surface area (Å²) in [6, 6.07) is 9.88. The van der Waals surface area contributed by atoms with E-state index in [-0.39, 0.29) is 12.4 Å². The Hall–Kier alpha value is -1.65. The summed E-state index contributed by atoms with van der Waals surface area (Å²) in [5, 5.41) is 10.2. The maximum atomic E-state index is 12.4. The van der Waals surface area contributed by atoms with Gasteiger partial charge in [-0.2, -0.15) is 0 Å². The molecule has 4 heteroatoms. The molecule has 1 fully saturated rings. The largest absolute Gasteiger partial charge is 0.453 e. The Bertz CT molecular complexity index is 580. The fourth-order valence-electron chi connectivity index (χ4n) is 3.17. The number of hydrogen-bond acceptors (Lipinski definition) is 4. The molecule has 0 amide bonds. The molecule has 1 aliphatic rings. The smallest absolute Gasteiger partial charge is 0.211 e. The summed E-state index contributed by atoms with van der Waals surface area (Å²) in [5.74, 6) is 0.406. The SMILES string of the molecule is O=C(CN(CCO)C1CCCC1)c1cc2ccccc2o1. The summed E-state index contributed by atoms with van der Waals surface area (Å²) >= 11 is 0. The second-order valence-corrected chi connectivity index (χ2v) is 5.70. The second kappa shape index (κ2) is 6.41. The van der Waals surface area contributed by atoms with Crippen LogP contribution in [0.4, 0.5) is 0 Å². The molecule has 0 atom stereocenters. The van der Waals surface area contributed by atoms with Crippen molar-refractivity contribution in [1.82, 2.24) is 4.90 Å². The maximum Gasteiger partial charge on any atom is 0.211 e. The molecule has 0 unspecified atom stereocenters. The van der Waals surface area contributed by atoms with Crippen molar-refractivity contribution >= 4 is 16.8 Å². The molecular formula is C17H21NO3. The molecule has 1 aromatic heterocycles. The van der Waals surface area contributed by atoms with Gasteiger partial charge < -0.3 is 9.52 Å². The van der Waals surface area contributed by atoms with Gasteiger partial charge in [-0.15, -0.1) is 0 Å². The molecule has 3 rings (SSSR count). The number of benzene rings is 1. The predicted molar refractivity (Wildman–Crippen MR) is 81.5 cm³/mol. The van der Waals surface area contributed by atoms with E-state index in [1.165, 1.54) is 12.8 Å². The summed E-state index contributed by atoms with van der Waals surface area (Å²) in [4.78, 5) is 14.5. The van der Waals surface area contributed by atoms with Crippen LogP contribution in [0.3, 0.4) is 0 Å². The van der Waals surface area contributed by atoms with Crippen LogP contribution >= 0.6 is 0 Å². The second-order valence-electron chi connectivity index (χ2n) is 5.70. The van der Waals surface area contributed by atoms with E-state index < -0.39 is 0 Å². The average molecular weight is 287 g/mol. The van der Waals surface area contributed by atoms with Gasteiger partial charge in [-0.1, -0.05) is 31.0 Å². The molecule has 2 aromatic rings. The highest BCUT2D eigenvalue weighted by molar-refractivity contribution is 5.98. The first-order valence-electron chi connectivity index (χ1n) is 7.64. The molecule has 0 aliphatic heterocycles. The lowest BCUT2D eigenvalue weighted by Gasteiger charge is -2.26. The van der Waals surface area contributed by atoms with Gasteiger partial charge in [0, 0.05) is 18.0 Å². The first-order chi connectivity index (χ1) is 10.3. The third-order valence-electron chi connectivity index (χ3n) is 4.28. The van der Waals surface area contributed by atoms with Crippen LogP contribution in [0.2, 0.25) is 0 Å². The Kier molecular flexibility index (Phi) is 4.36. The predicted octanol–water partition coefficient (Wildman–Crippen LogP) is 2.85. The van der Waals surface area contributed by atoms with E-state index >= 15 is 0 Å². The number of aliphatic hydroxyl groups is 1. The zero-order valence-electron chi connectivity index (χ0n) is 12.1. The first kappa shape index (κ1) is 14.3. The van der Waals surface area contributed by atoms with Crippen LogP contribution in [-0.4, -0.2) is 41.5 Å². The van der Waals surface area contributed by atoms with Crippen LogP contribution in [0.5, 0.6) is 0 Å². The average Bonchev–Trinajstić information content (AvgIpc) is 3.16. The van der Waals surface area contributed by atoms with E-state index in [4.69, 9.17) is 4.42 Å². The van der Waals surface area contributed by atoms with Gasteiger partial charge >= 0.3 is 0 Å². The lowest BCUT2D eigenvalue weighted by atomic mass is 10.1. The van der Waals surface area contributed by atoms with Crippen LogP contribution in [0.15, 0.2) is 34.7 Å². The molecule has 1 saturated carbocycles. The van der Waals surface area contributed by atoms with E-state index in [1.54, 1.807) is 0 Å². The Balaban J connectivity index is 1.73. The van der Waals surface area contributed by atoms with Crippen molar-refractivity contribution in [1.29, 1.82) is 0 Å². The molecule has 0 saturated heterocycles. The molecule has 0 radical (unpaired) electrons. The minimum atomic E-state index is -0.00782. The summed E-state index contributed by atoms with van der Waals surface area (Å²) < 4.78 is 5.63. The number of carbonyl (C=O) groups is 1. The van der Waals surface area contributed by atoms with Crippen LogP contribution in [0.25, 0.3) is 11.0 Å². The highest BCUT2D eigenvalue weighted by atomic mass is 16.3. The standard InChI is InChI=1S/C17H21NO3/c19-10-9-18(14-6-2-3-7-14)12-15(20)17-11-13-5-1-4-8-16(13)21-17/h1,4-5,8,11,14,19H,2-3,6-7,9-10,12H2. The minimum absolute atomic E-state index is 0.00782. The van der Waals surface area contributed by atoms with Crippen LogP contribution in [0, 0.1) is 0 Å². The number of furan rings is 1. The van der Waals surface area contributed by atoms with Crippen LogP contribution in [0.1, 0.15) is 36.2 Å². The number of ketones is 1. The number of aliphatic hydroxyl groups excluding tert-OH is 1. The third-order valence-corrected chi connectivity index (χ3v) is 4.28. The normalized spacial score (nSPS) is 16.1. The zero-order valence-corrected chi connectivity index (χ0v) is 12.1. The molecule has 1 aromatic carbocycles. The molecule has 21 heavy (non-hydrogen) atoms. The molecule has 1 aliphatic carbocycles. The Morgan fingerprint density at radius 1 is 1.29 bits per heavy atom. The van der Waals surface area contributed by atoms with E-state index in [1.807, 2.05) is 30.3 Å². The Morgan fingerprint density at radius 2 is 2.05 bits per heavy atom. The third kappa shape index (κ3) is 3.17. The van der Waals surface area contributed by atoms with Crippen molar-refractivity contribution in [2.75, 3.05) is 19.7 Å². The molecule has 1 heterocycles. The van der Waals surface area contributed by atoms with Crippen LogP contribution < -0.4 is 0 Å². The number of fused-ring (bicyclic) bond motifs is 1. The number of para-hydroxylation sites is 1. The topological polar surface area (TPSA) is 53.7 Å². The zero-order chi connectivity index (χ0) is 14.7. The Labute approximate surface area is 124 Å². The number of Topliss-reactive ketones (excluding diaryl/α,β-unsaturated/α-hetero) is 1. The molecular weight excluding hydrogens is 266 g/mol. The summed E-state index contributed by atoms with van der Waals surface area (Å²) in [6.45, 7) is 0.964. The van der Waals surface area contributed by atoms with E-state index in [2.05, 4.69) is 4.90 Å². The number of nitrogens with zero attached hydrogens (tertiary/aromatic N) is 1. The van der Waals surface area contributed by atoms with Gasteiger partial charge in [0.05, 0.1) is 13.2 Å². The number of rotatable bonds is 6. The Morgan fingerprint density at radius 3 is 2.76 bits per heavy atom.